The van der Waals surface area contributed by atoms with Gasteiger partial charge < -0.3 is 14.4 Å². The van der Waals surface area contributed by atoms with Crippen molar-refractivity contribution in [3.05, 3.63) is 63.8 Å². The zero-order valence-corrected chi connectivity index (χ0v) is 16.3. The Morgan fingerprint density at radius 1 is 1.21 bits per heavy atom. The molecule has 0 spiro atoms. The van der Waals surface area contributed by atoms with Crippen molar-refractivity contribution in [2.75, 3.05) is 26.4 Å². The second-order valence-corrected chi connectivity index (χ2v) is 7.58. The Morgan fingerprint density at radius 3 is 2.79 bits per heavy atom. The minimum Gasteiger partial charge on any atom is -0.376 e. The maximum absolute atomic E-state index is 13.2. The van der Waals surface area contributed by atoms with Gasteiger partial charge in [0.15, 0.2) is 0 Å². The molecule has 2 aromatic rings. The van der Waals surface area contributed by atoms with E-state index in [-0.39, 0.29) is 30.0 Å². The van der Waals surface area contributed by atoms with E-state index in [1.807, 2.05) is 0 Å². The van der Waals surface area contributed by atoms with Crippen LogP contribution in [0.25, 0.3) is 5.69 Å². The molecule has 0 aliphatic carbocycles. The van der Waals surface area contributed by atoms with Crippen LogP contribution in [-0.4, -0.2) is 47.8 Å². The molecule has 29 heavy (non-hydrogen) atoms. The van der Waals surface area contributed by atoms with E-state index in [0.29, 0.717) is 31.8 Å². The number of halogens is 1. The number of carbonyl (C=O) groups excluding carboxylic acids is 1. The fourth-order valence-corrected chi connectivity index (χ4v) is 3.85. The monoisotopic (exact) mass is 400 g/mol. The van der Waals surface area contributed by atoms with Crippen LogP contribution < -0.4 is 5.56 Å². The summed E-state index contributed by atoms with van der Waals surface area (Å²) in [5.41, 5.74) is 2.31. The van der Waals surface area contributed by atoms with Crippen molar-refractivity contribution in [2.45, 2.75) is 38.3 Å². The number of amides is 1. The molecule has 1 atom stereocenters. The van der Waals surface area contributed by atoms with Gasteiger partial charge in [0.1, 0.15) is 12.4 Å². The van der Waals surface area contributed by atoms with Crippen molar-refractivity contribution in [3.63, 3.8) is 0 Å². The number of benzene rings is 1. The summed E-state index contributed by atoms with van der Waals surface area (Å²) < 4.78 is 25.9. The first-order valence-electron chi connectivity index (χ1n) is 10.1. The number of aromatic nitrogens is 1. The van der Waals surface area contributed by atoms with Crippen LogP contribution in [-0.2, 0) is 27.2 Å². The minimum atomic E-state index is -0.352. The highest BCUT2D eigenvalue weighted by molar-refractivity contribution is 5.77. The maximum atomic E-state index is 13.2. The first-order valence-corrected chi connectivity index (χ1v) is 10.1. The van der Waals surface area contributed by atoms with Crippen LogP contribution >= 0.6 is 0 Å². The molecule has 1 aromatic heterocycles. The predicted octanol–water partition coefficient (Wildman–Crippen LogP) is 2.45. The fourth-order valence-electron chi connectivity index (χ4n) is 3.85. The molecule has 1 saturated heterocycles. The zero-order chi connectivity index (χ0) is 20.2. The molecule has 1 amide bonds. The smallest absolute Gasteiger partial charge is 0.255 e. The van der Waals surface area contributed by atoms with Crippen LogP contribution in [0.3, 0.4) is 0 Å². The van der Waals surface area contributed by atoms with Crippen molar-refractivity contribution in [1.29, 1.82) is 0 Å². The third kappa shape index (κ3) is 4.74. The Labute approximate surface area is 168 Å². The molecule has 0 radical (unpaired) electrons. The predicted molar refractivity (Wildman–Crippen MR) is 106 cm³/mol. The molecular weight excluding hydrogens is 375 g/mol. The lowest BCUT2D eigenvalue weighted by Crippen LogP contribution is -2.39. The highest BCUT2D eigenvalue weighted by Gasteiger charge is 2.23. The summed E-state index contributed by atoms with van der Waals surface area (Å²) in [7, 11) is 0. The molecule has 0 saturated carbocycles. The Hall–Kier alpha value is -2.51. The largest absolute Gasteiger partial charge is 0.376 e. The SMILES string of the molecule is O=C(COCC1CCCCO1)N1CCc2cc(=O)n(-c3ccc(F)cc3)cc2C1. The summed E-state index contributed by atoms with van der Waals surface area (Å²) in [6.45, 7) is 2.24. The second-order valence-electron chi connectivity index (χ2n) is 7.58. The Morgan fingerprint density at radius 2 is 2.03 bits per heavy atom. The minimum absolute atomic E-state index is 0.0345. The van der Waals surface area contributed by atoms with Gasteiger partial charge in [-0.1, -0.05) is 0 Å². The zero-order valence-electron chi connectivity index (χ0n) is 16.3. The van der Waals surface area contributed by atoms with Crippen LogP contribution in [0.1, 0.15) is 30.4 Å². The number of nitrogens with zero attached hydrogens (tertiary/aromatic N) is 2. The van der Waals surface area contributed by atoms with Gasteiger partial charge in [0.2, 0.25) is 5.91 Å². The average Bonchev–Trinajstić information content (AvgIpc) is 2.74. The summed E-state index contributed by atoms with van der Waals surface area (Å²) in [6, 6.07) is 7.39. The van der Waals surface area contributed by atoms with E-state index in [0.717, 1.165) is 37.0 Å². The van der Waals surface area contributed by atoms with Crippen molar-refractivity contribution >= 4 is 5.91 Å². The lowest BCUT2D eigenvalue weighted by Gasteiger charge is -2.29. The van der Waals surface area contributed by atoms with Gasteiger partial charge in [0, 0.05) is 37.6 Å². The number of carbonyl (C=O) groups is 1. The molecule has 1 fully saturated rings. The molecule has 2 aliphatic heterocycles. The average molecular weight is 400 g/mol. The molecule has 1 aromatic carbocycles. The Bertz CT molecular complexity index is 919. The van der Waals surface area contributed by atoms with Gasteiger partial charge in [-0.3, -0.25) is 14.2 Å². The van der Waals surface area contributed by atoms with Crippen LogP contribution in [0, 0.1) is 5.82 Å². The second kappa shape index (κ2) is 8.88. The topological polar surface area (TPSA) is 60.8 Å². The molecule has 6 nitrogen and oxygen atoms in total. The third-order valence-electron chi connectivity index (χ3n) is 5.51. The number of fused-ring (bicyclic) bond motifs is 1. The molecule has 0 bridgehead atoms. The van der Waals surface area contributed by atoms with Crippen molar-refractivity contribution in [1.82, 2.24) is 9.47 Å². The van der Waals surface area contributed by atoms with E-state index in [1.54, 1.807) is 29.3 Å². The van der Waals surface area contributed by atoms with Crippen LogP contribution in [0.4, 0.5) is 4.39 Å². The highest BCUT2D eigenvalue weighted by Crippen LogP contribution is 2.19. The van der Waals surface area contributed by atoms with Gasteiger partial charge in [-0.2, -0.15) is 0 Å². The molecule has 7 heteroatoms. The van der Waals surface area contributed by atoms with Crippen molar-refractivity contribution in [2.24, 2.45) is 0 Å². The van der Waals surface area contributed by atoms with Crippen molar-refractivity contribution in [3.8, 4) is 5.69 Å². The first-order chi connectivity index (χ1) is 14.1. The summed E-state index contributed by atoms with van der Waals surface area (Å²) in [6.07, 6.45) is 5.68. The van der Waals surface area contributed by atoms with Gasteiger partial charge >= 0.3 is 0 Å². The molecule has 4 rings (SSSR count). The lowest BCUT2D eigenvalue weighted by atomic mass is 10.0. The molecule has 0 N–H and O–H groups in total. The van der Waals surface area contributed by atoms with Gasteiger partial charge in [-0.25, -0.2) is 4.39 Å². The van der Waals surface area contributed by atoms with Crippen LogP contribution in [0.15, 0.2) is 41.3 Å². The normalized spacial score (nSPS) is 19.1. The Kier molecular flexibility index (Phi) is 6.06. The summed E-state index contributed by atoms with van der Waals surface area (Å²) in [5.74, 6) is -0.416. The van der Waals surface area contributed by atoms with E-state index in [1.165, 1.54) is 16.7 Å². The van der Waals surface area contributed by atoms with Crippen molar-refractivity contribution < 1.29 is 18.7 Å². The van der Waals surface area contributed by atoms with E-state index in [2.05, 4.69) is 0 Å². The standard InChI is InChI=1S/C22H25FN2O4/c23-18-4-6-19(7-5-18)25-13-17-12-24(9-8-16(17)11-21(25)26)22(27)15-28-14-20-3-1-2-10-29-20/h4-7,11,13,20H,1-3,8-10,12,14-15H2. The quantitative estimate of drug-likeness (QED) is 0.774. The molecule has 2 aliphatic rings. The van der Waals surface area contributed by atoms with Crippen LogP contribution in [0.5, 0.6) is 0 Å². The van der Waals surface area contributed by atoms with E-state index in [4.69, 9.17) is 9.47 Å². The molecule has 154 valence electrons. The van der Waals surface area contributed by atoms with E-state index >= 15 is 0 Å². The number of ether oxygens (including phenoxy) is 2. The summed E-state index contributed by atoms with van der Waals surface area (Å²) in [4.78, 5) is 26.8. The van der Waals surface area contributed by atoms with Gasteiger partial charge in [0.05, 0.1) is 12.7 Å². The van der Waals surface area contributed by atoms with Gasteiger partial charge in [0.25, 0.3) is 5.56 Å². The Balaban J connectivity index is 1.40. The lowest BCUT2D eigenvalue weighted by molar-refractivity contribution is -0.139. The van der Waals surface area contributed by atoms with Gasteiger partial charge in [-0.05, 0) is 61.1 Å². The summed E-state index contributed by atoms with van der Waals surface area (Å²) in [5, 5.41) is 0. The summed E-state index contributed by atoms with van der Waals surface area (Å²) >= 11 is 0. The fraction of sp³-hybridized carbons (Fsp3) is 0.455. The van der Waals surface area contributed by atoms with E-state index < -0.39 is 0 Å². The third-order valence-corrected chi connectivity index (χ3v) is 5.51. The van der Waals surface area contributed by atoms with Gasteiger partial charge in [-0.15, -0.1) is 0 Å². The molecule has 3 heterocycles. The number of hydrogen-bond donors (Lipinski definition) is 0. The molecular formula is C22H25FN2O4. The number of hydrogen-bond acceptors (Lipinski definition) is 4. The number of pyridine rings is 1. The molecule has 1 unspecified atom stereocenters. The maximum Gasteiger partial charge on any atom is 0.255 e. The highest BCUT2D eigenvalue weighted by atomic mass is 19.1. The van der Waals surface area contributed by atoms with E-state index in [9.17, 15) is 14.0 Å². The van der Waals surface area contributed by atoms with Crippen LogP contribution in [0.2, 0.25) is 0 Å². The first kappa shape index (κ1) is 19.8. The number of rotatable bonds is 5.